The first-order valence-corrected chi connectivity index (χ1v) is 9.97. The quantitative estimate of drug-likeness (QED) is 0.700. The van der Waals surface area contributed by atoms with Gasteiger partial charge in [-0.3, -0.25) is 9.59 Å². The summed E-state index contributed by atoms with van der Waals surface area (Å²) in [5, 5.41) is 15.8. The third-order valence-corrected chi connectivity index (χ3v) is 6.04. The molecule has 0 spiro atoms. The van der Waals surface area contributed by atoms with Crippen molar-refractivity contribution in [3.05, 3.63) is 0 Å². The standard InChI is InChI=1S/C19H32N2O4/c22-17-12-25-11-16(17)21-19(24)14-6-8-15(9-7-14)20-18(23)10-13-4-2-1-3-5-13/h13-17,22H,1-12H2,(H,20,23)(H,21,24)/t14?,15?,16-,17-/m1/s1. The second-order valence-electron chi connectivity index (χ2n) is 8.04. The monoisotopic (exact) mass is 352 g/mol. The van der Waals surface area contributed by atoms with E-state index < -0.39 is 6.10 Å². The lowest BCUT2D eigenvalue weighted by atomic mass is 9.84. The summed E-state index contributed by atoms with van der Waals surface area (Å²) >= 11 is 0. The fraction of sp³-hybridized carbons (Fsp3) is 0.895. The van der Waals surface area contributed by atoms with Gasteiger partial charge in [0.15, 0.2) is 0 Å². The number of hydrogen-bond acceptors (Lipinski definition) is 4. The molecule has 0 aromatic heterocycles. The number of ether oxygens (including phenoxy) is 1. The average molecular weight is 352 g/mol. The van der Waals surface area contributed by atoms with Crippen LogP contribution in [0.5, 0.6) is 0 Å². The molecule has 1 saturated heterocycles. The van der Waals surface area contributed by atoms with Gasteiger partial charge in [-0.25, -0.2) is 0 Å². The predicted octanol–water partition coefficient (Wildman–Crippen LogP) is 1.51. The summed E-state index contributed by atoms with van der Waals surface area (Å²) in [5.41, 5.74) is 0. The van der Waals surface area contributed by atoms with Crippen molar-refractivity contribution in [3.63, 3.8) is 0 Å². The van der Waals surface area contributed by atoms with Crippen LogP contribution >= 0.6 is 0 Å². The highest BCUT2D eigenvalue weighted by Crippen LogP contribution is 2.28. The van der Waals surface area contributed by atoms with E-state index in [-0.39, 0.29) is 29.8 Å². The Bertz CT molecular complexity index is 456. The molecule has 0 aromatic carbocycles. The molecule has 1 heterocycles. The summed E-state index contributed by atoms with van der Waals surface area (Å²) in [5.74, 6) is 0.753. The van der Waals surface area contributed by atoms with Crippen LogP contribution in [0.2, 0.25) is 0 Å². The lowest BCUT2D eigenvalue weighted by Crippen LogP contribution is -2.47. The molecule has 2 aliphatic carbocycles. The minimum Gasteiger partial charge on any atom is -0.388 e. The van der Waals surface area contributed by atoms with Crippen LogP contribution in [-0.2, 0) is 14.3 Å². The average Bonchev–Trinajstić information content (AvgIpc) is 3.01. The molecular weight excluding hydrogens is 320 g/mol. The van der Waals surface area contributed by atoms with Crippen LogP contribution in [0.4, 0.5) is 0 Å². The molecule has 142 valence electrons. The maximum Gasteiger partial charge on any atom is 0.223 e. The number of nitrogens with one attached hydrogen (secondary N) is 2. The van der Waals surface area contributed by atoms with Gasteiger partial charge in [0.05, 0.1) is 25.4 Å². The van der Waals surface area contributed by atoms with Crippen LogP contribution in [0, 0.1) is 11.8 Å². The van der Waals surface area contributed by atoms with E-state index >= 15 is 0 Å². The highest BCUT2D eigenvalue weighted by atomic mass is 16.5. The summed E-state index contributed by atoms with van der Waals surface area (Å²) < 4.78 is 5.17. The maximum absolute atomic E-state index is 12.3. The third kappa shape index (κ3) is 5.42. The Labute approximate surface area is 150 Å². The lowest BCUT2D eigenvalue weighted by molar-refractivity contribution is -0.127. The van der Waals surface area contributed by atoms with E-state index in [1.807, 2.05) is 0 Å². The van der Waals surface area contributed by atoms with E-state index in [4.69, 9.17) is 4.74 Å². The first-order valence-electron chi connectivity index (χ1n) is 9.97. The summed E-state index contributed by atoms with van der Waals surface area (Å²) in [7, 11) is 0. The fourth-order valence-corrected chi connectivity index (χ4v) is 4.42. The SMILES string of the molecule is O=C(CC1CCCCC1)NC1CCC(C(=O)N[C@@H]2COC[C@H]2O)CC1. The van der Waals surface area contributed by atoms with Gasteiger partial charge in [-0.1, -0.05) is 19.3 Å². The van der Waals surface area contributed by atoms with Crippen molar-refractivity contribution in [1.29, 1.82) is 0 Å². The van der Waals surface area contributed by atoms with E-state index in [9.17, 15) is 14.7 Å². The van der Waals surface area contributed by atoms with Crippen LogP contribution in [0.3, 0.4) is 0 Å². The molecule has 2 amide bonds. The van der Waals surface area contributed by atoms with Gasteiger partial charge < -0.3 is 20.5 Å². The summed E-state index contributed by atoms with van der Waals surface area (Å²) in [4.78, 5) is 24.6. The molecule has 0 unspecified atom stereocenters. The van der Waals surface area contributed by atoms with Crippen LogP contribution in [0.1, 0.15) is 64.2 Å². The minimum atomic E-state index is -0.598. The lowest BCUT2D eigenvalue weighted by Gasteiger charge is -2.30. The molecule has 0 bridgehead atoms. The number of carbonyl (C=O) groups excluding carboxylic acids is 2. The molecule has 0 aromatic rings. The summed E-state index contributed by atoms with van der Waals surface area (Å²) in [6.45, 7) is 0.685. The highest BCUT2D eigenvalue weighted by molar-refractivity contribution is 5.79. The number of carbonyl (C=O) groups is 2. The molecule has 3 rings (SSSR count). The molecule has 3 fully saturated rings. The number of rotatable bonds is 5. The Morgan fingerprint density at radius 3 is 2.28 bits per heavy atom. The topological polar surface area (TPSA) is 87.7 Å². The highest BCUT2D eigenvalue weighted by Gasteiger charge is 2.32. The second kappa shape index (κ2) is 8.99. The van der Waals surface area contributed by atoms with E-state index in [2.05, 4.69) is 10.6 Å². The van der Waals surface area contributed by atoms with Crippen LogP contribution in [0.25, 0.3) is 0 Å². The smallest absolute Gasteiger partial charge is 0.223 e. The summed E-state index contributed by atoms with van der Waals surface area (Å²) in [6.07, 6.45) is 9.60. The van der Waals surface area contributed by atoms with E-state index in [1.165, 1.54) is 32.1 Å². The normalized spacial score (nSPS) is 33.8. The first-order chi connectivity index (χ1) is 12.1. The molecule has 25 heavy (non-hydrogen) atoms. The minimum absolute atomic E-state index is 0.0145. The Kier molecular flexibility index (Phi) is 6.70. The number of aliphatic hydroxyl groups is 1. The van der Waals surface area contributed by atoms with Gasteiger partial charge in [0.1, 0.15) is 0 Å². The van der Waals surface area contributed by atoms with Gasteiger partial charge in [-0.15, -0.1) is 0 Å². The van der Waals surface area contributed by atoms with Crippen LogP contribution in [-0.4, -0.2) is 48.3 Å². The van der Waals surface area contributed by atoms with Gasteiger partial charge in [0.2, 0.25) is 11.8 Å². The van der Waals surface area contributed by atoms with Crippen molar-refractivity contribution in [2.75, 3.05) is 13.2 Å². The van der Waals surface area contributed by atoms with Gasteiger partial charge in [0, 0.05) is 18.4 Å². The van der Waals surface area contributed by atoms with Crippen molar-refractivity contribution < 1.29 is 19.4 Å². The number of amides is 2. The Hall–Kier alpha value is -1.14. The Balaban J connectivity index is 1.35. The molecule has 2 atom stereocenters. The van der Waals surface area contributed by atoms with Gasteiger partial charge in [-0.2, -0.15) is 0 Å². The molecule has 3 N–H and O–H groups in total. The van der Waals surface area contributed by atoms with E-state index in [0.29, 0.717) is 25.6 Å². The molecule has 6 nitrogen and oxygen atoms in total. The molecule has 0 radical (unpaired) electrons. The molecule has 2 saturated carbocycles. The zero-order chi connectivity index (χ0) is 17.6. The van der Waals surface area contributed by atoms with E-state index in [0.717, 1.165) is 25.7 Å². The fourth-order valence-electron chi connectivity index (χ4n) is 4.42. The van der Waals surface area contributed by atoms with Crippen molar-refractivity contribution in [2.45, 2.75) is 82.4 Å². The third-order valence-electron chi connectivity index (χ3n) is 6.04. The largest absolute Gasteiger partial charge is 0.388 e. The second-order valence-corrected chi connectivity index (χ2v) is 8.04. The molecule has 6 heteroatoms. The van der Waals surface area contributed by atoms with Gasteiger partial charge in [-0.05, 0) is 44.4 Å². The van der Waals surface area contributed by atoms with Crippen molar-refractivity contribution in [2.24, 2.45) is 11.8 Å². The van der Waals surface area contributed by atoms with Gasteiger partial charge in [0.25, 0.3) is 0 Å². The van der Waals surface area contributed by atoms with Crippen molar-refractivity contribution >= 4 is 11.8 Å². The van der Waals surface area contributed by atoms with Crippen molar-refractivity contribution in [1.82, 2.24) is 10.6 Å². The first kappa shape index (κ1) is 18.6. The zero-order valence-electron chi connectivity index (χ0n) is 15.0. The van der Waals surface area contributed by atoms with Crippen molar-refractivity contribution in [3.8, 4) is 0 Å². The molecular formula is C19H32N2O4. The predicted molar refractivity (Wildman–Crippen MR) is 93.8 cm³/mol. The van der Waals surface area contributed by atoms with Crippen LogP contribution in [0.15, 0.2) is 0 Å². The Morgan fingerprint density at radius 2 is 1.64 bits per heavy atom. The Morgan fingerprint density at radius 1 is 0.920 bits per heavy atom. The summed E-state index contributed by atoms with van der Waals surface area (Å²) in [6, 6.07) is -0.0686. The van der Waals surface area contributed by atoms with Crippen LogP contribution < -0.4 is 10.6 Å². The zero-order valence-corrected chi connectivity index (χ0v) is 15.0. The maximum atomic E-state index is 12.3. The van der Waals surface area contributed by atoms with Gasteiger partial charge >= 0.3 is 0 Å². The number of aliphatic hydroxyl groups excluding tert-OH is 1. The molecule has 1 aliphatic heterocycles. The number of hydrogen-bond donors (Lipinski definition) is 3. The van der Waals surface area contributed by atoms with E-state index in [1.54, 1.807) is 0 Å². The molecule has 3 aliphatic rings.